The number of hydrogen-bond acceptors (Lipinski definition) is 4. The summed E-state index contributed by atoms with van der Waals surface area (Å²) in [7, 11) is 0. The van der Waals surface area contributed by atoms with E-state index >= 15 is 0 Å². The number of hydrazine groups is 1. The summed E-state index contributed by atoms with van der Waals surface area (Å²) in [5, 5.41) is 0. The van der Waals surface area contributed by atoms with Crippen LogP contribution in [-0.4, -0.2) is 9.97 Å². The standard InChI is InChI=1S/C10H17FN4/c1-6(2)4-5-8-13-7(3)9(11)10(14-8)15-12/h6H,4-5,12H2,1-3H3,(H,13,14,15). The molecule has 84 valence electrons. The van der Waals surface area contributed by atoms with Crippen molar-refractivity contribution < 1.29 is 4.39 Å². The van der Waals surface area contributed by atoms with Gasteiger partial charge in [0.05, 0.1) is 5.69 Å². The Kier molecular flexibility index (Phi) is 3.96. The second-order valence-corrected chi connectivity index (χ2v) is 3.96. The van der Waals surface area contributed by atoms with E-state index in [4.69, 9.17) is 5.84 Å². The Morgan fingerprint density at radius 2 is 2.07 bits per heavy atom. The van der Waals surface area contributed by atoms with Gasteiger partial charge in [-0.3, -0.25) is 0 Å². The maximum atomic E-state index is 13.3. The van der Waals surface area contributed by atoms with Crippen LogP contribution in [0.15, 0.2) is 0 Å². The van der Waals surface area contributed by atoms with Gasteiger partial charge in [0, 0.05) is 6.42 Å². The van der Waals surface area contributed by atoms with E-state index in [1.54, 1.807) is 6.92 Å². The molecule has 0 unspecified atom stereocenters. The molecule has 4 nitrogen and oxygen atoms in total. The minimum absolute atomic E-state index is 0.0706. The number of anilines is 1. The minimum atomic E-state index is -0.481. The predicted octanol–water partition coefficient (Wildman–Crippen LogP) is 1.80. The molecule has 0 aliphatic rings. The molecule has 0 aromatic carbocycles. The van der Waals surface area contributed by atoms with Crippen LogP contribution in [0.5, 0.6) is 0 Å². The summed E-state index contributed by atoms with van der Waals surface area (Å²) in [4.78, 5) is 8.07. The van der Waals surface area contributed by atoms with E-state index in [1.807, 2.05) is 0 Å². The van der Waals surface area contributed by atoms with Crippen molar-refractivity contribution in [3.05, 3.63) is 17.3 Å². The lowest BCUT2D eigenvalue weighted by Crippen LogP contribution is -2.14. The molecule has 0 fully saturated rings. The van der Waals surface area contributed by atoms with Crippen LogP contribution < -0.4 is 11.3 Å². The van der Waals surface area contributed by atoms with Crippen molar-refractivity contribution in [2.45, 2.75) is 33.6 Å². The van der Waals surface area contributed by atoms with Crippen LogP contribution in [0.25, 0.3) is 0 Å². The van der Waals surface area contributed by atoms with Gasteiger partial charge >= 0.3 is 0 Å². The zero-order valence-electron chi connectivity index (χ0n) is 9.34. The van der Waals surface area contributed by atoms with Gasteiger partial charge in [-0.1, -0.05) is 13.8 Å². The molecule has 0 atom stereocenters. The highest BCUT2D eigenvalue weighted by atomic mass is 19.1. The van der Waals surface area contributed by atoms with Gasteiger partial charge in [0.1, 0.15) is 5.82 Å². The number of hydrogen-bond donors (Lipinski definition) is 2. The molecule has 0 spiro atoms. The van der Waals surface area contributed by atoms with E-state index in [1.165, 1.54) is 0 Å². The van der Waals surface area contributed by atoms with Gasteiger partial charge in [-0.2, -0.15) is 0 Å². The van der Waals surface area contributed by atoms with Crippen molar-refractivity contribution in [1.29, 1.82) is 0 Å². The van der Waals surface area contributed by atoms with Crippen LogP contribution >= 0.6 is 0 Å². The van der Waals surface area contributed by atoms with Gasteiger partial charge in [-0.05, 0) is 19.3 Å². The lowest BCUT2D eigenvalue weighted by atomic mass is 10.1. The third kappa shape index (κ3) is 3.13. The normalized spacial score (nSPS) is 10.8. The summed E-state index contributed by atoms with van der Waals surface area (Å²) in [6.07, 6.45) is 1.72. The topological polar surface area (TPSA) is 63.8 Å². The minimum Gasteiger partial charge on any atom is -0.306 e. The lowest BCUT2D eigenvalue weighted by molar-refractivity contribution is 0.563. The SMILES string of the molecule is Cc1nc(CCC(C)C)nc(NN)c1F. The quantitative estimate of drug-likeness (QED) is 0.590. The molecule has 1 aromatic rings. The molecule has 0 bridgehead atoms. The third-order valence-corrected chi connectivity index (χ3v) is 2.15. The molecule has 15 heavy (non-hydrogen) atoms. The summed E-state index contributed by atoms with van der Waals surface area (Å²) >= 11 is 0. The molecular weight excluding hydrogens is 195 g/mol. The molecule has 0 radical (unpaired) electrons. The third-order valence-electron chi connectivity index (χ3n) is 2.15. The Morgan fingerprint density at radius 1 is 1.40 bits per heavy atom. The first-order valence-electron chi connectivity index (χ1n) is 5.04. The molecule has 3 N–H and O–H groups in total. The van der Waals surface area contributed by atoms with Crippen LogP contribution in [0.3, 0.4) is 0 Å². The summed E-state index contributed by atoms with van der Waals surface area (Å²) in [5.74, 6) is 5.97. The van der Waals surface area contributed by atoms with E-state index in [2.05, 4.69) is 29.2 Å². The first-order valence-corrected chi connectivity index (χ1v) is 5.04. The summed E-state index contributed by atoms with van der Waals surface area (Å²) in [6, 6.07) is 0. The summed E-state index contributed by atoms with van der Waals surface area (Å²) < 4.78 is 13.3. The molecule has 0 amide bonds. The fourth-order valence-corrected chi connectivity index (χ4v) is 1.24. The van der Waals surface area contributed by atoms with Gasteiger partial charge in [-0.25, -0.2) is 20.2 Å². The highest BCUT2D eigenvalue weighted by Crippen LogP contribution is 2.14. The van der Waals surface area contributed by atoms with Crippen molar-refractivity contribution >= 4 is 5.82 Å². The molecule has 5 heteroatoms. The number of halogens is 1. The highest BCUT2D eigenvalue weighted by molar-refractivity contribution is 5.36. The number of rotatable bonds is 4. The number of nitrogen functional groups attached to an aromatic ring is 1. The zero-order chi connectivity index (χ0) is 11.4. The van der Waals surface area contributed by atoms with Crippen molar-refractivity contribution in [3.63, 3.8) is 0 Å². The molecule has 0 aliphatic heterocycles. The van der Waals surface area contributed by atoms with Crippen LogP contribution in [0.4, 0.5) is 10.2 Å². The maximum Gasteiger partial charge on any atom is 0.187 e. The van der Waals surface area contributed by atoms with Gasteiger partial charge in [0.25, 0.3) is 0 Å². The number of nitrogens with zero attached hydrogens (tertiary/aromatic N) is 2. The summed E-state index contributed by atoms with van der Waals surface area (Å²) in [5.41, 5.74) is 2.57. The fraction of sp³-hybridized carbons (Fsp3) is 0.600. The van der Waals surface area contributed by atoms with E-state index in [9.17, 15) is 4.39 Å². The Balaban J connectivity index is 2.86. The average Bonchev–Trinajstić information content (AvgIpc) is 2.19. The highest BCUT2D eigenvalue weighted by Gasteiger charge is 2.10. The molecule has 0 saturated heterocycles. The second-order valence-electron chi connectivity index (χ2n) is 3.96. The number of aromatic nitrogens is 2. The van der Waals surface area contributed by atoms with Crippen molar-refractivity contribution in [2.75, 3.05) is 5.43 Å². The van der Waals surface area contributed by atoms with Crippen molar-refractivity contribution in [3.8, 4) is 0 Å². The molecule has 1 aromatic heterocycles. The molecule has 1 heterocycles. The van der Waals surface area contributed by atoms with Crippen molar-refractivity contribution in [2.24, 2.45) is 11.8 Å². The average molecular weight is 212 g/mol. The molecule has 0 saturated carbocycles. The van der Waals surface area contributed by atoms with Crippen molar-refractivity contribution in [1.82, 2.24) is 9.97 Å². The molecule has 1 rings (SSSR count). The molecular formula is C10H17FN4. The summed E-state index contributed by atoms with van der Waals surface area (Å²) in [6.45, 7) is 5.85. The number of aryl methyl sites for hydroxylation is 2. The van der Waals surface area contributed by atoms with Crippen LogP contribution in [-0.2, 0) is 6.42 Å². The van der Waals surface area contributed by atoms with Crippen LogP contribution in [0, 0.1) is 18.7 Å². The van der Waals surface area contributed by atoms with E-state index in [0.717, 1.165) is 12.8 Å². The Hall–Kier alpha value is -1.23. The van der Waals surface area contributed by atoms with Gasteiger partial charge in [-0.15, -0.1) is 0 Å². The van der Waals surface area contributed by atoms with Crippen LogP contribution in [0.1, 0.15) is 31.8 Å². The number of nitrogens with two attached hydrogens (primary N) is 1. The monoisotopic (exact) mass is 212 g/mol. The van der Waals surface area contributed by atoms with Gasteiger partial charge in [0.15, 0.2) is 11.6 Å². The van der Waals surface area contributed by atoms with E-state index in [0.29, 0.717) is 17.4 Å². The smallest absolute Gasteiger partial charge is 0.187 e. The zero-order valence-corrected chi connectivity index (χ0v) is 9.34. The largest absolute Gasteiger partial charge is 0.306 e. The fourth-order valence-electron chi connectivity index (χ4n) is 1.24. The first-order chi connectivity index (χ1) is 7.04. The predicted molar refractivity (Wildman–Crippen MR) is 57.7 cm³/mol. The second kappa shape index (κ2) is 5.02. The Labute approximate surface area is 89.1 Å². The van der Waals surface area contributed by atoms with Gasteiger partial charge in [0.2, 0.25) is 0 Å². The Morgan fingerprint density at radius 3 is 2.60 bits per heavy atom. The van der Waals surface area contributed by atoms with Gasteiger partial charge < -0.3 is 5.43 Å². The number of nitrogens with one attached hydrogen (secondary N) is 1. The van der Waals surface area contributed by atoms with E-state index in [-0.39, 0.29) is 5.82 Å². The van der Waals surface area contributed by atoms with E-state index < -0.39 is 5.82 Å². The lowest BCUT2D eigenvalue weighted by Gasteiger charge is -2.08. The Bertz CT molecular complexity index is 338. The van der Waals surface area contributed by atoms with Crippen LogP contribution in [0.2, 0.25) is 0 Å². The first kappa shape index (κ1) is 11.8. The molecule has 0 aliphatic carbocycles. The maximum absolute atomic E-state index is 13.3.